The van der Waals surface area contributed by atoms with Gasteiger partial charge in [0, 0.05) is 37.3 Å². The molecule has 7 heteroatoms. The van der Waals surface area contributed by atoms with Crippen LogP contribution in [0.3, 0.4) is 0 Å². The van der Waals surface area contributed by atoms with Crippen molar-refractivity contribution in [1.29, 1.82) is 0 Å². The van der Waals surface area contributed by atoms with Gasteiger partial charge in [-0.05, 0) is 18.6 Å². The first-order valence-electron chi connectivity index (χ1n) is 6.10. The summed E-state index contributed by atoms with van der Waals surface area (Å²) in [5, 5.41) is 10.8. The number of non-ortho nitro benzene ring substituents is 1. The Morgan fingerprint density at radius 2 is 2.15 bits per heavy atom. The fourth-order valence-corrected chi connectivity index (χ4v) is 3.16. The molecular formula is C13H14N2O4S. The first-order chi connectivity index (χ1) is 9.36. The number of nitro benzene ring substituents is 1. The van der Waals surface area contributed by atoms with Crippen molar-refractivity contribution < 1.29 is 14.5 Å². The van der Waals surface area contributed by atoms with Gasteiger partial charge in [-0.2, -0.15) is 0 Å². The lowest BCUT2D eigenvalue weighted by Gasteiger charge is -2.16. The maximum atomic E-state index is 12.0. The van der Waals surface area contributed by atoms with Crippen molar-refractivity contribution in [3.05, 3.63) is 33.9 Å². The van der Waals surface area contributed by atoms with Crippen LogP contribution in [0.15, 0.2) is 18.2 Å². The molecule has 6 nitrogen and oxygen atoms in total. The Bertz CT molecular complexity index is 588. The van der Waals surface area contributed by atoms with Crippen molar-refractivity contribution in [2.24, 2.45) is 0 Å². The van der Waals surface area contributed by atoms with Crippen molar-refractivity contribution in [3.63, 3.8) is 0 Å². The summed E-state index contributed by atoms with van der Waals surface area (Å²) in [4.78, 5) is 35.0. The third-order valence-corrected chi connectivity index (χ3v) is 3.97. The highest BCUT2D eigenvalue weighted by Crippen LogP contribution is 2.31. The van der Waals surface area contributed by atoms with Gasteiger partial charge in [0.25, 0.3) is 5.69 Å². The number of nitro groups is 1. The van der Waals surface area contributed by atoms with Crippen molar-refractivity contribution in [3.8, 4) is 0 Å². The molecule has 2 rings (SSSR count). The minimum absolute atomic E-state index is 0.0279. The van der Waals surface area contributed by atoms with E-state index in [1.54, 1.807) is 13.0 Å². The van der Waals surface area contributed by atoms with Gasteiger partial charge < -0.3 is 4.90 Å². The molecule has 1 aromatic carbocycles. The van der Waals surface area contributed by atoms with Crippen LogP contribution in [0.1, 0.15) is 18.9 Å². The van der Waals surface area contributed by atoms with Gasteiger partial charge in [0.05, 0.1) is 10.6 Å². The molecule has 1 amide bonds. The van der Waals surface area contributed by atoms with Gasteiger partial charge in [0.1, 0.15) is 0 Å². The van der Waals surface area contributed by atoms with E-state index >= 15 is 0 Å². The molecule has 0 spiro atoms. The molecule has 0 saturated carbocycles. The molecule has 1 atom stereocenters. The monoisotopic (exact) mass is 294 g/mol. The molecule has 1 heterocycles. The molecule has 1 aromatic rings. The first kappa shape index (κ1) is 14.5. The van der Waals surface area contributed by atoms with E-state index in [9.17, 15) is 19.7 Å². The summed E-state index contributed by atoms with van der Waals surface area (Å²) in [7, 11) is 0. The largest absolute Gasteiger partial charge is 0.311 e. The fraction of sp³-hybridized carbons (Fsp3) is 0.385. The van der Waals surface area contributed by atoms with Crippen LogP contribution in [0, 0.1) is 17.0 Å². The quantitative estimate of drug-likeness (QED) is 0.631. The third-order valence-electron chi connectivity index (χ3n) is 2.99. The van der Waals surface area contributed by atoms with E-state index in [1.165, 1.54) is 24.0 Å². The van der Waals surface area contributed by atoms with Gasteiger partial charge in [-0.3, -0.25) is 19.7 Å². The number of anilines is 1. The van der Waals surface area contributed by atoms with Gasteiger partial charge in [-0.1, -0.05) is 11.8 Å². The SMILES string of the molecule is CC(=O)SC1CC(=O)N(c2cc(C)cc([N+](=O)[O-])c2)C1. The Balaban J connectivity index is 2.25. The topological polar surface area (TPSA) is 80.5 Å². The summed E-state index contributed by atoms with van der Waals surface area (Å²) in [6.07, 6.45) is 0.284. The Morgan fingerprint density at radius 3 is 2.75 bits per heavy atom. The smallest absolute Gasteiger partial charge is 0.271 e. The highest BCUT2D eigenvalue weighted by molar-refractivity contribution is 8.14. The van der Waals surface area contributed by atoms with Crippen LogP contribution in [0.5, 0.6) is 0 Å². The highest BCUT2D eigenvalue weighted by atomic mass is 32.2. The van der Waals surface area contributed by atoms with Gasteiger partial charge in [-0.15, -0.1) is 0 Å². The summed E-state index contributed by atoms with van der Waals surface area (Å²) < 4.78 is 0. The summed E-state index contributed by atoms with van der Waals surface area (Å²) >= 11 is 1.14. The van der Waals surface area contributed by atoms with Crippen LogP contribution < -0.4 is 4.90 Å². The summed E-state index contributed by atoms with van der Waals surface area (Å²) in [5.74, 6) is -0.108. The van der Waals surface area contributed by atoms with Crippen LogP contribution in [0.2, 0.25) is 0 Å². The molecular weight excluding hydrogens is 280 g/mol. The molecule has 0 aliphatic carbocycles. The normalized spacial score (nSPS) is 18.4. The number of hydrogen-bond acceptors (Lipinski definition) is 5. The van der Waals surface area contributed by atoms with Crippen molar-refractivity contribution >= 4 is 34.2 Å². The number of hydrogen-bond donors (Lipinski definition) is 0. The number of nitrogens with zero attached hydrogens (tertiary/aromatic N) is 2. The second-order valence-electron chi connectivity index (χ2n) is 4.72. The number of amides is 1. The lowest BCUT2D eigenvalue weighted by Crippen LogP contribution is -2.25. The predicted octanol–water partition coefficient (Wildman–Crippen LogP) is 2.29. The maximum Gasteiger partial charge on any atom is 0.271 e. The second kappa shape index (κ2) is 5.62. The lowest BCUT2D eigenvalue weighted by atomic mass is 10.2. The molecule has 106 valence electrons. The Labute approximate surface area is 120 Å². The Hall–Kier alpha value is -1.89. The molecule has 0 aromatic heterocycles. The van der Waals surface area contributed by atoms with Gasteiger partial charge >= 0.3 is 0 Å². The van der Waals surface area contributed by atoms with E-state index in [0.29, 0.717) is 12.2 Å². The number of thioether (sulfide) groups is 1. The molecule has 1 saturated heterocycles. The van der Waals surface area contributed by atoms with Crippen LogP contribution in [-0.4, -0.2) is 27.7 Å². The van der Waals surface area contributed by atoms with E-state index in [-0.39, 0.29) is 28.4 Å². The average molecular weight is 294 g/mol. The Morgan fingerprint density at radius 1 is 1.45 bits per heavy atom. The summed E-state index contributed by atoms with van der Waals surface area (Å²) in [5.41, 5.74) is 1.22. The van der Waals surface area contributed by atoms with E-state index in [2.05, 4.69) is 0 Å². The third kappa shape index (κ3) is 3.16. The van der Waals surface area contributed by atoms with E-state index in [1.807, 2.05) is 0 Å². The minimum Gasteiger partial charge on any atom is -0.311 e. The molecule has 1 fully saturated rings. The fourth-order valence-electron chi connectivity index (χ4n) is 2.24. The average Bonchev–Trinajstić information content (AvgIpc) is 2.68. The zero-order valence-electron chi connectivity index (χ0n) is 11.2. The van der Waals surface area contributed by atoms with Crippen molar-refractivity contribution in [1.82, 2.24) is 0 Å². The highest BCUT2D eigenvalue weighted by Gasteiger charge is 2.32. The zero-order chi connectivity index (χ0) is 14.9. The molecule has 20 heavy (non-hydrogen) atoms. The standard InChI is InChI=1S/C13H14N2O4S/c1-8-3-10(5-11(4-8)15(18)19)14-7-12(6-13(14)17)20-9(2)16/h3-5,12H,6-7H2,1-2H3. The minimum atomic E-state index is -0.473. The second-order valence-corrected chi connectivity index (χ2v) is 6.20. The van der Waals surface area contributed by atoms with E-state index in [4.69, 9.17) is 0 Å². The maximum absolute atomic E-state index is 12.0. The van der Waals surface area contributed by atoms with Crippen LogP contribution in [0.25, 0.3) is 0 Å². The van der Waals surface area contributed by atoms with Crippen molar-refractivity contribution in [2.75, 3.05) is 11.4 Å². The lowest BCUT2D eigenvalue weighted by molar-refractivity contribution is -0.384. The van der Waals surface area contributed by atoms with E-state index < -0.39 is 4.92 Å². The van der Waals surface area contributed by atoms with Crippen LogP contribution in [-0.2, 0) is 9.59 Å². The number of aryl methyl sites for hydroxylation is 1. The predicted molar refractivity (Wildman–Crippen MR) is 76.9 cm³/mol. The number of rotatable bonds is 3. The van der Waals surface area contributed by atoms with E-state index in [0.717, 1.165) is 17.3 Å². The summed E-state index contributed by atoms with van der Waals surface area (Å²) in [6.45, 7) is 3.62. The summed E-state index contributed by atoms with van der Waals surface area (Å²) in [6, 6.07) is 4.60. The molecule has 0 N–H and O–H groups in total. The van der Waals surface area contributed by atoms with Crippen molar-refractivity contribution in [2.45, 2.75) is 25.5 Å². The number of carbonyl (C=O) groups is 2. The Kier molecular flexibility index (Phi) is 4.08. The molecule has 1 aliphatic rings. The van der Waals surface area contributed by atoms with Gasteiger partial charge in [-0.25, -0.2) is 0 Å². The first-order valence-corrected chi connectivity index (χ1v) is 6.98. The number of benzene rings is 1. The molecule has 0 radical (unpaired) electrons. The van der Waals surface area contributed by atoms with Crippen LogP contribution in [0.4, 0.5) is 11.4 Å². The molecule has 1 unspecified atom stereocenters. The van der Waals surface area contributed by atoms with Crippen LogP contribution >= 0.6 is 11.8 Å². The molecule has 0 bridgehead atoms. The van der Waals surface area contributed by atoms with Gasteiger partial charge in [0.15, 0.2) is 5.12 Å². The van der Waals surface area contributed by atoms with Gasteiger partial charge in [0.2, 0.25) is 5.91 Å². The molecule has 1 aliphatic heterocycles. The zero-order valence-corrected chi connectivity index (χ0v) is 12.0. The number of carbonyl (C=O) groups excluding carboxylic acids is 2.